The number of rotatable bonds is 0. The molecule has 1 aromatic rings. The quantitative estimate of drug-likeness (QED) is 0.612. The van der Waals surface area contributed by atoms with Crippen LogP contribution in [0, 0.1) is 17.1 Å². The van der Waals surface area contributed by atoms with Crippen LogP contribution >= 0.6 is 0 Å². The zero-order valence-electron chi connectivity index (χ0n) is 7.97. The van der Waals surface area contributed by atoms with Gasteiger partial charge in [-0.1, -0.05) is 11.6 Å². The van der Waals surface area contributed by atoms with E-state index < -0.39 is 0 Å². The Hall–Kier alpha value is -1.62. The van der Waals surface area contributed by atoms with Gasteiger partial charge < -0.3 is 0 Å². The highest BCUT2D eigenvalue weighted by molar-refractivity contribution is 5.61. The number of halogens is 1. The maximum absolute atomic E-state index is 13.5. The zero-order valence-corrected chi connectivity index (χ0v) is 7.97. The molecule has 0 radical (unpaired) electrons. The summed E-state index contributed by atoms with van der Waals surface area (Å²) in [5.74, 6) is -0.280. The summed E-state index contributed by atoms with van der Waals surface area (Å²) in [5.41, 5.74) is 3.22. The lowest BCUT2D eigenvalue weighted by Gasteiger charge is -2.14. The van der Waals surface area contributed by atoms with E-state index in [1.54, 1.807) is 6.07 Å². The van der Waals surface area contributed by atoms with E-state index in [2.05, 4.69) is 0 Å². The minimum absolute atomic E-state index is 0.280. The van der Waals surface area contributed by atoms with Crippen LogP contribution < -0.4 is 0 Å². The second kappa shape index (κ2) is 3.26. The molecule has 0 bridgehead atoms. The number of fused-ring (bicyclic) bond motifs is 1. The summed E-state index contributed by atoms with van der Waals surface area (Å²) < 4.78 is 13.5. The summed E-state index contributed by atoms with van der Waals surface area (Å²) in [6.45, 7) is 2.00. The maximum Gasteiger partial charge on any atom is 0.132 e. The minimum atomic E-state index is -0.280. The number of hydrogen-bond donors (Lipinski definition) is 0. The Morgan fingerprint density at radius 2 is 2.14 bits per heavy atom. The first-order valence-electron chi connectivity index (χ1n) is 4.60. The lowest BCUT2D eigenvalue weighted by Crippen LogP contribution is -2.01. The molecule has 0 aromatic heterocycles. The first-order chi connectivity index (χ1) is 6.70. The highest BCUT2D eigenvalue weighted by Crippen LogP contribution is 2.26. The van der Waals surface area contributed by atoms with Crippen LogP contribution in [0.2, 0.25) is 0 Å². The molecule has 1 aliphatic carbocycles. The van der Waals surface area contributed by atoms with Gasteiger partial charge in [-0.2, -0.15) is 5.26 Å². The van der Waals surface area contributed by atoms with E-state index in [1.807, 2.05) is 19.1 Å². The molecule has 0 saturated heterocycles. The molecule has 1 aliphatic rings. The molecule has 1 nitrogen and oxygen atoms in total. The van der Waals surface area contributed by atoms with Gasteiger partial charge in [-0.25, -0.2) is 4.39 Å². The number of aryl methyl sites for hydroxylation is 1. The third-order valence-corrected chi connectivity index (χ3v) is 2.52. The smallest absolute Gasteiger partial charge is 0.132 e. The van der Waals surface area contributed by atoms with Crippen molar-refractivity contribution in [1.29, 1.82) is 5.26 Å². The average molecular weight is 187 g/mol. The first-order valence-corrected chi connectivity index (χ1v) is 4.60. The monoisotopic (exact) mass is 187 g/mol. The van der Waals surface area contributed by atoms with Gasteiger partial charge in [-0.05, 0) is 37.5 Å². The molecule has 0 aliphatic heterocycles. The minimum Gasteiger partial charge on any atom is -0.206 e. The van der Waals surface area contributed by atoms with Crippen LogP contribution in [0.5, 0.6) is 0 Å². The molecule has 0 heterocycles. The molecule has 0 unspecified atom stereocenters. The van der Waals surface area contributed by atoms with Crippen LogP contribution in [0.3, 0.4) is 0 Å². The van der Waals surface area contributed by atoms with Crippen molar-refractivity contribution in [2.24, 2.45) is 0 Å². The van der Waals surface area contributed by atoms with Gasteiger partial charge in [0, 0.05) is 5.56 Å². The van der Waals surface area contributed by atoms with Crippen LogP contribution in [0.15, 0.2) is 17.7 Å². The van der Waals surface area contributed by atoms with Crippen molar-refractivity contribution in [1.82, 2.24) is 0 Å². The van der Waals surface area contributed by atoms with E-state index >= 15 is 0 Å². The Bertz CT molecular complexity index is 452. The second-order valence-electron chi connectivity index (χ2n) is 3.63. The van der Waals surface area contributed by atoms with Crippen LogP contribution in [0.25, 0.3) is 6.08 Å². The van der Waals surface area contributed by atoms with Crippen molar-refractivity contribution in [2.45, 2.75) is 19.8 Å². The molecular formula is C12H10FN. The Kier molecular flexibility index (Phi) is 2.09. The molecule has 1 aromatic carbocycles. The lowest BCUT2D eigenvalue weighted by molar-refractivity contribution is 0.620. The van der Waals surface area contributed by atoms with Gasteiger partial charge in [0.1, 0.15) is 5.82 Å². The second-order valence-corrected chi connectivity index (χ2v) is 3.63. The molecule has 0 spiro atoms. The van der Waals surface area contributed by atoms with E-state index in [9.17, 15) is 4.39 Å². The standard InChI is InChI=1S/C12H10FN/c1-8-2-3-10-5-9(7-14)6-12(13)11(10)4-8/h4-6H,2-3H2,1H3. The highest BCUT2D eigenvalue weighted by atomic mass is 19.1. The Morgan fingerprint density at radius 1 is 1.36 bits per heavy atom. The maximum atomic E-state index is 13.5. The van der Waals surface area contributed by atoms with Gasteiger partial charge in [-0.15, -0.1) is 0 Å². The van der Waals surface area contributed by atoms with E-state index in [0.717, 1.165) is 18.4 Å². The van der Waals surface area contributed by atoms with Crippen molar-refractivity contribution < 1.29 is 4.39 Å². The largest absolute Gasteiger partial charge is 0.206 e. The van der Waals surface area contributed by atoms with Crippen LogP contribution in [0.1, 0.15) is 30.0 Å². The summed E-state index contributed by atoms with van der Waals surface area (Å²) in [5, 5.41) is 8.68. The lowest BCUT2D eigenvalue weighted by atomic mass is 9.91. The number of nitriles is 1. The molecular weight excluding hydrogens is 177 g/mol. The zero-order chi connectivity index (χ0) is 10.1. The molecule has 0 N–H and O–H groups in total. The normalized spacial score (nSPS) is 14.2. The topological polar surface area (TPSA) is 23.8 Å². The molecule has 70 valence electrons. The molecule has 2 rings (SSSR count). The molecule has 0 fully saturated rings. The number of hydrogen-bond acceptors (Lipinski definition) is 1. The number of nitrogens with zero attached hydrogens (tertiary/aromatic N) is 1. The van der Waals surface area contributed by atoms with E-state index in [4.69, 9.17) is 5.26 Å². The number of allylic oxidation sites excluding steroid dienone is 1. The molecule has 0 saturated carbocycles. The average Bonchev–Trinajstić information content (AvgIpc) is 2.19. The van der Waals surface area contributed by atoms with Crippen LogP contribution in [-0.2, 0) is 6.42 Å². The Morgan fingerprint density at radius 3 is 2.86 bits per heavy atom. The van der Waals surface area contributed by atoms with Crippen molar-refractivity contribution >= 4 is 6.08 Å². The van der Waals surface area contributed by atoms with Crippen molar-refractivity contribution in [3.8, 4) is 6.07 Å². The highest BCUT2D eigenvalue weighted by Gasteiger charge is 2.13. The van der Waals surface area contributed by atoms with Crippen LogP contribution in [-0.4, -0.2) is 0 Å². The SMILES string of the molecule is CC1=Cc2c(F)cc(C#N)cc2CC1. The molecule has 2 heteroatoms. The Balaban J connectivity index is 2.62. The summed E-state index contributed by atoms with van der Waals surface area (Å²) in [7, 11) is 0. The third kappa shape index (κ3) is 1.42. The van der Waals surface area contributed by atoms with Gasteiger partial charge in [0.2, 0.25) is 0 Å². The summed E-state index contributed by atoms with van der Waals surface area (Å²) in [6, 6.07) is 5.05. The van der Waals surface area contributed by atoms with Gasteiger partial charge in [-0.3, -0.25) is 0 Å². The fraction of sp³-hybridized carbons (Fsp3) is 0.250. The molecule has 14 heavy (non-hydrogen) atoms. The Labute approximate surface area is 82.5 Å². The van der Waals surface area contributed by atoms with Gasteiger partial charge >= 0.3 is 0 Å². The molecule has 0 amide bonds. The van der Waals surface area contributed by atoms with Crippen molar-refractivity contribution in [2.75, 3.05) is 0 Å². The predicted octanol–water partition coefficient (Wildman–Crippen LogP) is 3.05. The summed E-state index contributed by atoms with van der Waals surface area (Å²) in [6.07, 6.45) is 3.67. The third-order valence-electron chi connectivity index (χ3n) is 2.52. The summed E-state index contributed by atoms with van der Waals surface area (Å²) >= 11 is 0. The fourth-order valence-corrected chi connectivity index (χ4v) is 1.76. The summed E-state index contributed by atoms with van der Waals surface area (Å²) in [4.78, 5) is 0. The van der Waals surface area contributed by atoms with Crippen molar-refractivity contribution in [3.63, 3.8) is 0 Å². The predicted molar refractivity (Wildman–Crippen MR) is 53.1 cm³/mol. The van der Waals surface area contributed by atoms with Gasteiger partial charge in [0.05, 0.1) is 11.6 Å². The van der Waals surface area contributed by atoms with Crippen molar-refractivity contribution in [3.05, 3.63) is 40.2 Å². The van der Waals surface area contributed by atoms with Crippen LogP contribution in [0.4, 0.5) is 4.39 Å². The first kappa shape index (κ1) is 8.96. The van der Waals surface area contributed by atoms with E-state index in [1.165, 1.54) is 11.6 Å². The molecule has 0 atom stereocenters. The van der Waals surface area contributed by atoms with E-state index in [-0.39, 0.29) is 5.82 Å². The fourth-order valence-electron chi connectivity index (χ4n) is 1.76. The van der Waals surface area contributed by atoms with Gasteiger partial charge in [0.15, 0.2) is 0 Å². The van der Waals surface area contributed by atoms with E-state index in [0.29, 0.717) is 11.1 Å². The number of benzene rings is 1. The van der Waals surface area contributed by atoms with Gasteiger partial charge in [0.25, 0.3) is 0 Å².